The molecule has 1 aliphatic rings. The second-order valence-electron chi connectivity index (χ2n) is 5.38. The first-order valence-electron chi connectivity index (χ1n) is 6.78. The van der Waals surface area contributed by atoms with Crippen molar-refractivity contribution in [1.29, 1.82) is 0 Å². The van der Waals surface area contributed by atoms with Crippen LogP contribution in [0.1, 0.15) is 23.6 Å². The predicted octanol–water partition coefficient (Wildman–Crippen LogP) is 3.95. The van der Waals surface area contributed by atoms with Crippen molar-refractivity contribution in [2.45, 2.75) is 23.8 Å². The molecule has 0 saturated carbocycles. The summed E-state index contributed by atoms with van der Waals surface area (Å²) in [4.78, 5) is 0.351. The van der Waals surface area contributed by atoms with Crippen molar-refractivity contribution in [2.24, 2.45) is 0 Å². The third-order valence-corrected chi connectivity index (χ3v) is 5.43. The molecule has 1 N–H and O–H groups in total. The van der Waals surface area contributed by atoms with Crippen molar-refractivity contribution in [1.82, 2.24) is 0 Å². The van der Waals surface area contributed by atoms with E-state index in [1.807, 2.05) is 12.1 Å². The summed E-state index contributed by atoms with van der Waals surface area (Å²) in [5, 5.41) is 3.49. The fourth-order valence-corrected chi connectivity index (χ4v) is 3.77. The lowest BCUT2D eigenvalue weighted by molar-refractivity contribution is 0.602. The van der Waals surface area contributed by atoms with E-state index in [4.69, 9.17) is 0 Å². The number of nitrogens with one attached hydrogen (secondary N) is 1. The molecular weight excluding hydrogens is 350 g/mol. The summed E-state index contributed by atoms with van der Waals surface area (Å²) in [5.74, 6) is 0. The highest BCUT2D eigenvalue weighted by molar-refractivity contribution is 9.10. The summed E-state index contributed by atoms with van der Waals surface area (Å²) in [6.45, 7) is 0. The summed E-state index contributed by atoms with van der Waals surface area (Å²) < 4.78 is 24.0. The van der Waals surface area contributed by atoms with Gasteiger partial charge >= 0.3 is 0 Å². The molecule has 0 aliphatic heterocycles. The molecule has 0 saturated heterocycles. The van der Waals surface area contributed by atoms with Gasteiger partial charge in [-0.3, -0.25) is 0 Å². The molecule has 2 aromatic rings. The molecule has 3 rings (SSSR count). The Hall–Kier alpha value is -1.33. The first-order chi connectivity index (χ1) is 9.93. The molecule has 5 heteroatoms. The molecular formula is C16H16BrNO2S. The third-order valence-electron chi connectivity index (χ3n) is 3.81. The number of aryl methyl sites for hydroxylation is 1. The molecule has 0 amide bonds. The van der Waals surface area contributed by atoms with Crippen molar-refractivity contribution in [3.05, 3.63) is 58.1 Å². The van der Waals surface area contributed by atoms with Gasteiger partial charge in [-0.05, 0) is 60.4 Å². The molecule has 1 atom stereocenters. The summed E-state index contributed by atoms with van der Waals surface area (Å²) >= 11 is 3.50. The van der Waals surface area contributed by atoms with Crippen LogP contribution in [-0.4, -0.2) is 14.7 Å². The maximum Gasteiger partial charge on any atom is 0.175 e. The Morgan fingerprint density at radius 3 is 2.52 bits per heavy atom. The van der Waals surface area contributed by atoms with Gasteiger partial charge < -0.3 is 5.32 Å². The van der Waals surface area contributed by atoms with E-state index < -0.39 is 9.84 Å². The maximum absolute atomic E-state index is 11.5. The minimum Gasteiger partial charge on any atom is -0.378 e. The lowest BCUT2D eigenvalue weighted by atomic mass is 10.1. The Morgan fingerprint density at radius 2 is 1.86 bits per heavy atom. The highest BCUT2D eigenvalue weighted by Crippen LogP contribution is 2.35. The van der Waals surface area contributed by atoms with Crippen LogP contribution in [0, 0.1) is 0 Å². The molecule has 2 aromatic carbocycles. The van der Waals surface area contributed by atoms with Gasteiger partial charge in [-0.1, -0.05) is 22.0 Å². The molecule has 0 bridgehead atoms. The minimum absolute atomic E-state index is 0.289. The largest absolute Gasteiger partial charge is 0.378 e. The second-order valence-corrected chi connectivity index (χ2v) is 8.31. The number of sulfone groups is 1. The van der Waals surface area contributed by atoms with E-state index in [-0.39, 0.29) is 6.04 Å². The lowest BCUT2D eigenvalue weighted by Crippen LogP contribution is -2.07. The van der Waals surface area contributed by atoms with E-state index in [9.17, 15) is 8.42 Å². The predicted molar refractivity (Wildman–Crippen MR) is 88.4 cm³/mol. The summed E-state index contributed by atoms with van der Waals surface area (Å²) in [6.07, 6.45) is 3.34. The Labute approximate surface area is 133 Å². The monoisotopic (exact) mass is 365 g/mol. The van der Waals surface area contributed by atoms with Gasteiger partial charge in [0.1, 0.15) is 0 Å². The third kappa shape index (κ3) is 3.14. The number of fused-ring (bicyclic) bond motifs is 1. The quantitative estimate of drug-likeness (QED) is 0.895. The van der Waals surface area contributed by atoms with E-state index in [0.717, 1.165) is 23.0 Å². The molecule has 0 aromatic heterocycles. The van der Waals surface area contributed by atoms with E-state index in [0.29, 0.717) is 4.90 Å². The lowest BCUT2D eigenvalue weighted by Gasteiger charge is -2.16. The molecule has 0 radical (unpaired) electrons. The fraction of sp³-hybridized carbons (Fsp3) is 0.250. The van der Waals surface area contributed by atoms with Crippen LogP contribution in [0.4, 0.5) is 5.69 Å². The minimum atomic E-state index is -3.13. The number of hydrogen-bond acceptors (Lipinski definition) is 3. The Balaban J connectivity index is 1.80. The van der Waals surface area contributed by atoms with Gasteiger partial charge in [0.2, 0.25) is 0 Å². The second kappa shape index (κ2) is 5.46. The maximum atomic E-state index is 11.5. The van der Waals surface area contributed by atoms with E-state index in [1.54, 1.807) is 12.1 Å². The van der Waals surface area contributed by atoms with Crippen LogP contribution in [-0.2, 0) is 16.3 Å². The first kappa shape index (κ1) is 14.6. The Bertz CT molecular complexity index is 769. The number of benzene rings is 2. The first-order valence-corrected chi connectivity index (χ1v) is 9.47. The Morgan fingerprint density at radius 1 is 1.14 bits per heavy atom. The standard InChI is InChI=1S/C16H16BrNO2S/c1-21(19,20)14-6-4-13(5-7-14)18-16-9-2-11-10-12(17)3-8-15(11)16/h3-8,10,16,18H,2,9H2,1H3. The van der Waals surface area contributed by atoms with Crippen LogP contribution in [0.25, 0.3) is 0 Å². The Kier molecular flexibility index (Phi) is 3.80. The number of halogens is 1. The summed E-state index contributed by atoms with van der Waals surface area (Å²) in [5.41, 5.74) is 3.64. The van der Waals surface area contributed by atoms with Crippen LogP contribution >= 0.6 is 15.9 Å². The van der Waals surface area contributed by atoms with Crippen LogP contribution in [0.15, 0.2) is 51.8 Å². The van der Waals surface area contributed by atoms with Crippen LogP contribution in [0.2, 0.25) is 0 Å². The highest BCUT2D eigenvalue weighted by Gasteiger charge is 2.22. The molecule has 0 spiro atoms. The normalized spacial score (nSPS) is 17.5. The van der Waals surface area contributed by atoms with Gasteiger partial charge in [0.05, 0.1) is 10.9 Å². The fourth-order valence-electron chi connectivity index (χ4n) is 2.74. The zero-order chi connectivity index (χ0) is 15.0. The highest BCUT2D eigenvalue weighted by atomic mass is 79.9. The average molecular weight is 366 g/mol. The van der Waals surface area contributed by atoms with Crippen LogP contribution in [0.5, 0.6) is 0 Å². The zero-order valence-electron chi connectivity index (χ0n) is 11.6. The van der Waals surface area contributed by atoms with Crippen molar-refractivity contribution in [2.75, 3.05) is 11.6 Å². The van der Waals surface area contributed by atoms with Gasteiger partial charge in [0, 0.05) is 16.4 Å². The smallest absolute Gasteiger partial charge is 0.175 e. The summed E-state index contributed by atoms with van der Waals surface area (Å²) in [6, 6.07) is 13.6. The number of rotatable bonds is 3. The van der Waals surface area contributed by atoms with E-state index in [1.165, 1.54) is 17.4 Å². The molecule has 110 valence electrons. The van der Waals surface area contributed by atoms with Crippen LogP contribution in [0.3, 0.4) is 0 Å². The molecule has 0 heterocycles. The average Bonchev–Trinajstić information content (AvgIpc) is 2.80. The van der Waals surface area contributed by atoms with Crippen LogP contribution < -0.4 is 5.32 Å². The van der Waals surface area contributed by atoms with E-state index >= 15 is 0 Å². The van der Waals surface area contributed by atoms with Gasteiger partial charge in [-0.15, -0.1) is 0 Å². The number of anilines is 1. The SMILES string of the molecule is CS(=O)(=O)c1ccc(NC2CCc3cc(Br)ccc32)cc1. The van der Waals surface area contributed by atoms with Crippen molar-refractivity contribution >= 4 is 31.5 Å². The van der Waals surface area contributed by atoms with Gasteiger partial charge in [0.25, 0.3) is 0 Å². The molecule has 3 nitrogen and oxygen atoms in total. The van der Waals surface area contributed by atoms with Gasteiger partial charge in [-0.25, -0.2) is 8.42 Å². The van der Waals surface area contributed by atoms with Crippen molar-refractivity contribution in [3.8, 4) is 0 Å². The molecule has 0 fully saturated rings. The van der Waals surface area contributed by atoms with Gasteiger partial charge in [-0.2, -0.15) is 0 Å². The van der Waals surface area contributed by atoms with E-state index in [2.05, 4.69) is 39.4 Å². The van der Waals surface area contributed by atoms with Gasteiger partial charge in [0.15, 0.2) is 9.84 Å². The molecule has 1 unspecified atom stereocenters. The number of hydrogen-bond donors (Lipinski definition) is 1. The van der Waals surface area contributed by atoms with Crippen molar-refractivity contribution in [3.63, 3.8) is 0 Å². The van der Waals surface area contributed by atoms with Crippen molar-refractivity contribution < 1.29 is 8.42 Å². The zero-order valence-corrected chi connectivity index (χ0v) is 14.0. The topological polar surface area (TPSA) is 46.2 Å². The molecule has 21 heavy (non-hydrogen) atoms. The molecule has 1 aliphatic carbocycles. The summed E-state index contributed by atoms with van der Waals surface area (Å²) in [7, 11) is -3.13.